The van der Waals surface area contributed by atoms with Crippen molar-refractivity contribution < 1.29 is 18.8 Å². The molecule has 0 aliphatic heterocycles. The van der Waals surface area contributed by atoms with Crippen LogP contribution in [0.15, 0.2) is 34.9 Å². The van der Waals surface area contributed by atoms with Gasteiger partial charge < -0.3 is 14.0 Å². The van der Waals surface area contributed by atoms with Crippen molar-refractivity contribution in [2.24, 2.45) is 0 Å². The molecule has 1 atom stereocenters. The van der Waals surface area contributed by atoms with Gasteiger partial charge in [0.15, 0.2) is 0 Å². The fourth-order valence-corrected chi connectivity index (χ4v) is 1.55. The van der Waals surface area contributed by atoms with Gasteiger partial charge >= 0.3 is 5.97 Å². The van der Waals surface area contributed by atoms with Gasteiger partial charge in [0.25, 0.3) is 11.7 Å². The van der Waals surface area contributed by atoms with E-state index in [1.807, 2.05) is 30.3 Å². The monoisotopic (exact) mass is 276 g/mol. The Morgan fingerprint density at radius 1 is 1.35 bits per heavy atom. The third kappa shape index (κ3) is 3.64. The van der Waals surface area contributed by atoms with E-state index >= 15 is 0 Å². The Morgan fingerprint density at radius 3 is 2.80 bits per heavy atom. The Balaban J connectivity index is 1.92. The molecule has 0 bridgehead atoms. The molecule has 1 aromatic heterocycles. The Morgan fingerprint density at radius 2 is 2.10 bits per heavy atom. The van der Waals surface area contributed by atoms with Crippen LogP contribution in [0.1, 0.15) is 42.0 Å². The number of carbonyl (C=O) groups is 1. The number of nitrogens with zero attached hydrogens (tertiary/aromatic N) is 2. The van der Waals surface area contributed by atoms with Crippen LogP contribution in [0.5, 0.6) is 0 Å². The first kappa shape index (κ1) is 14.2. The molecule has 0 saturated carbocycles. The zero-order valence-corrected chi connectivity index (χ0v) is 11.4. The number of hydrogen-bond acceptors (Lipinski definition) is 6. The molecule has 1 aromatic carbocycles. The van der Waals surface area contributed by atoms with Gasteiger partial charge in [0.1, 0.15) is 6.10 Å². The van der Waals surface area contributed by atoms with Crippen molar-refractivity contribution in [2.75, 3.05) is 6.61 Å². The molecule has 20 heavy (non-hydrogen) atoms. The van der Waals surface area contributed by atoms with Gasteiger partial charge in [0.05, 0.1) is 13.2 Å². The minimum Gasteiger partial charge on any atom is -0.460 e. The minimum absolute atomic E-state index is 0.0861. The number of rotatable bonds is 6. The maximum atomic E-state index is 11.4. The van der Waals surface area contributed by atoms with E-state index in [0.717, 1.165) is 5.56 Å². The lowest BCUT2D eigenvalue weighted by Gasteiger charge is -2.08. The molecule has 0 aliphatic rings. The van der Waals surface area contributed by atoms with Crippen molar-refractivity contribution >= 4 is 5.97 Å². The second-order valence-corrected chi connectivity index (χ2v) is 4.12. The van der Waals surface area contributed by atoms with Gasteiger partial charge in [-0.05, 0) is 24.6 Å². The van der Waals surface area contributed by atoms with E-state index in [1.165, 1.54) is 0 Å². The molecule has 1 unspecified atom stereocenters. The lowest BCUT2D eigenvalue weighted by atomic mass is 10.2. The molecule has 0 aliphatic carbocycles. The standard InChI is InChI=1S/C14H16N2O4/c1-3-18-14(17)12-15-13(20-16-12)10(2)19-9-11-7-5-4-6-8-11/h4-8,10H,3,9H2,1-2H3. The van der Waals surface area contributed by atoms with E-state index in [1.54, 1.807) is 13.8 Å². The van der Waals surface area contributed by atoms with Crippen LogP contribution in [-0.4, -0.2) is 22.7 Å². The van der Waals surface area contributed by atoms with E-state index in [-0.39, 0.29) is 18.3 Å². The average molecular weight is 276 g/mol. The summed E-state index contributed by atoms with van der Waals surface area (Å²) in [6.07, 6.45) is -0.397. The Labute approximate surface area is 116 Å². The number of hydrogen-bond donors (Lipinski definition) is 0. The van der Waals surface area contributed by atoms with Crippen molar-refractivity contribution in [2.45, 2.75) is 26.6 Å². The smallest absolute Gasteiger partial charge is 0.379 e. The fourth-order valence-electron chi connectivity index (χ4n) is 1.55. The summed E-state index contributed by atoms with van der Waals surface area (Å²) in [7, 11) is 0. The minimum atomic E-state index is -0.599. The molecule has 0 fully saturated rings. The lowest BCUT2D eigenvalue weighted by Crippen LogP contribution is -2.07. The maximum Gasteiger partial charge on any atom is 0.379 e. The largest absolute Gasteiger partial charge is 0.460 e. The summed E-state index contributed by atoms with van der Waals surface area (Å²) >= 11 is 0. The van der Waals surface area contributed by atoms with Crippen LogP contribution in [-0.2, 0) is 16.1 Å². The molecule has 1 heterocycles. The first-order valence-electron chi connectivity index (χ1n) is 6.37. The van der Waals surface area contributed by atoms with Crippen molar-refractivity contribution in [1.82, 2.24) is 10.1 Å². The highest BCUT2D eigenvalue weighted by molar-refractivity contribution is 5.84. The Bertz CT molecular complexity index is 553. The summed E-state index contributed by atoms with van der Waals surface area (Å²) in [6, 6.07) is 9.75. The van der Waals surface area contributed by atoms with E-state index < -0.39 is 12.1 Å². The van der Waals surface area contributed by atoms with Crippen molar-refractivity contribution in [1.29, 1.82) is 0 Å². The predicted molar refractivity (Wildman–Crippen MR) is 69.9 cm³/mol. The van der Waals surface area contributed by atoms with Gasteiger partial charge in [-0.1, -0.05) is 30.3 Å². The Hall–Kier alpha value is -2.21. The third-order valence-corrected chi connectivity index (χ3v) is 2.59. The van der Waals surface area contributed by atoms with Gasteiger partial charge in [-0.15, -0.1) is 0 Å². The summed E-state index contributed by atoms with van der Waals surface area (Å²) in [4.78, 5) is 15.4. The summed E-state index contributed by atoms with van der Waals surface area (Å²) in [5.41, 5.74) is 1.05. The molecule has 0 radical (unpaired) electrons. The zero-order chi connectivity index (χ0) is 14.4. The van der Waals surface area contributed by atoms with Crippen LogP contribution in [0.25, 0.3) is 0 Å². The van der Waals surface area contributed by atoms with Crippen LogP contribution >= 0.6 is 0 Å². The first-order chi connectivity index (χ1) is 9.70. The quantitative estimate of drug-likeness (QED) is 0.755. The van der Waals surface area contributed by atoms with Crippen LogP contribution in [0, 0.1) is 0 Å². The summed E-state index contributed by atoms with van der Waals surface area (Å²) < 4.78 is 15.4. The second-order valence-electron chi connectivity index (χ2n) is 4.12. The molecule has 0 spiro atoms. The maximum absolute atomic E-state index is 11.4. The van der Waals surface area contributed by atoms with Gasteiger partial charge in [-0.3, -0.25) is 0 Å². The SMILES string of the molecule is CCOC(=O)c1noc(C(C)OCc2ccccc2)n1. The molecule has 106 valence electrons. The van der Waals surface area contributed by atoms with Crippen LogP contribution in [0.3, 0.4) is 0 Å². The van der Waals surface area contributed by atoms with Gasteiger partial charge in [-0.2, -0.15) is 4.98 Å². The molecule has 6 heteroatoms. The van der Waals surface area contributed by atoms with Crippen molar-refractivity contribution in [3.63, 3.8) is 0 Å². The molecule has 0 saturated heterocycles. The van der Waals surface area contributed by atoms with E-state index in [9.17, 15) is 4.79 Å². The summed E-state index contributed by atoms with van der Waals surface area (Å²) in [5, 5.41) is 3.57. The van der Waals surface area contributed by atoms with E-state index in [2.05, 4.69) is 10.1 Å². The van der Waals surface area contributed by atoms with E-state index in [4.69, 9.17) is 14.0 Å². The van der Waals surface area contributed by atoms with Crippen molar-refractivity contribution in [3.05, 3.63) is 47.6 Å². The summed E-state index contributed by atoms with van der Waals surface area (Å²) in [5.74, 6) is -0.432. The Kier molecular flexibility index (Phi) is 4.84. The first-order valence-corrected chi connectivity index (χ1v) is 6.37. The highest BCUT2D eigenvalue weighted by Gasteiger charge is 2.19. The molecule has 0 N–H and O–H groups in total. The predicted octanol–water partition coefficient (Wildman–Crippen LogP) is 2.52. The van der Waals surface area contributed by atoms with Crippen LogP contribution in [0.2, 0.25) is 0 Å². The molecular formula is C14H16N2O4. The van der Waals surface area contributed by atoms with Gasteiger partial charge in [0.2, 0.25) is 0 Å². The lowest BCUT2D eigenvalue weighted by molar-refractivity contribution is 0.0307. The molecule has 2 rings (SSSR count). The second kappa shape index (κ2) is 6.81. The number of aromatic nitrogens is 2. The normalized spacial score (nSPS) is 12.1. The van der Waals surface area contributed by atoms with Gasteiger partial charge in [-0.25, -0.2) is 4.79 Å². The molecule has 6 nitrogen and oxygen atoms in total. The zero-order valence-electron chi connectivity index (χ0n) is 11.4. The average Bonchev–Trinajstić information content (AvgIpc) is 2.96. The summed E-state index contributed by atoms with van der Waals surface area (Å²) in [6.45, 7) is 4.19. The van der Waals surface area contributed by atoms with Crippen LogP contribution < -0.4 is 0 Å². The highest BCUT2D eigenvalue weighted by atomic mass is 16.5. The molecular weight excluding hydrogens is 260 g/mol. The number of carbonyl (C=O) groups excluding carboxylic acids is 1. The van der Waals surface area contributed by atoms with Gasteiger partial charge in [0, 0.05) is 0 Å². The topological polar surface area (TPSA) is 74.5 Å². The number of ether oxygens (including phenoxy) is 2. The fraction of sp³-hybridized carbons (Fsp3) is 0.357. The molecule has 0 amide bonds. The number of esters is 1. The number of benzene rings is 1. The third-order valence-electron chi connectivity index (χ3n) is 2.59. The highest BCUT2D eigenvalue weighted by Crippen LogP contribution is 2.16. The van der Waals surface area contributed by atoms with Crippen LogP contribution in [0.4, 0.5) is 0 Å². The molecule has 2 aromatic rings. The van der Waals surface area contributed by atoms with Crippen molar-refractivity contribution in [3.8, 4) is 0 Å². The van der Waals surface area contributed by atoms with E-state index in [0.29, 0.717) is 6.61 Å².